The standard InChI is InChI=1S/C21H20FN5O2/c22-16-8-6-15(7-9-16)21-25-20(29-26-21)11-10-19(28)23-12-3-13-27-14-24-17-4-1-2-5-18(17)27/h1-2,4-9,14H,3,10-13H2,(H,23,28). The number of carbonyl (C=O) groups excluding carboxylic acids is 1. The van der Waals surface area contributed by atoms with Crippen LogP contribution in [0.25, 0.3) is 22.4 Å². The van der Waals surface area contributed by atoms with E-state index in [1.807, 2.05) is 30.6 Å². The molecule has 8 heteroatoms. The van der Waals surface area contributed by atoms with E-state index in [0.717, 1.165) is 24.0 Å². The van der Waals surface area contributed by atoms with Crippen molar-refractivity contribution in [1.82, 2.24) is 25.0 Å². The van der Waals surface area contributed by atoms with Crippen molar-refractivity contribution in [3.63, 3.8) is 0 Å². The summed E-state index contributed by atoms with van der Waals surface area (Å²) in [5, 5.41) is 6.78. The van der Waals surface area contributed by atoms with Crippen LogP contribution in [0.4, 0.5) is 4.39 Å². The Bertz CT molecular complexity index is 1100. The maximum atomic E-state index is 13.0. The van der Waals surface area contributed by atoms with Crippen LogP contribution in [-0.2, 0) is 17.8 Å². The van der Waals surface area contributed by atoms with E-state index in [4.69, 9.17) is 4.52 Å². The van der Waals surface area contributed by atoms with Gasteiger partial charge in [-0.2, -0.15) is 4.98 Å². The van der Waals surface area contributed by atoms with Crippen molar-refractivity contribution < 1.29 is 13.7 Å². The highest BCUT2D eigenvalue weighted by molar-refractivity contribution is 5.76. The number of hydrogen-bond acceptors (Lipinski definition) is 5. The zero-order valence-corrected chi connectivity index (χ0v) is 15.7. The van der Waals surface area contributed by atoms with Crippen LogP contribution in [-0.4, -0.2) is 32.1 Å². The molecule has 0 aliphatic rings. The Kier molecular flexibility index (Phi) is 5.60. The summed E-state index contributed by atoms with van der Waals surface area (Å²) in [6.45, 7) is 1.36. The van der Waals surface area contributed by atoms with Crippen molar-refractivity contribution in [3.05, 3.63) is 66.6 Å². The number of carbonyl (C=O) groups is 1. The van der Waals surface area contributed by atoms with Gasteiger partial charge in [-0.1, -0.05) is 17.3 Å². The molecule has 0 spiro atoms. The van der Waals surface area contributed by atoms with Crippen LogP contribution in [0.5, 0.6) is 0 Å². The molecule has 0 saturated heterocycles. The van der Waals surface area contributed by atoms with Gasteiger partial charge in [0.15, 0.2) is 0 Å². The van der Waals surface area contributed by atoms with Gasteiger partial charge in [0, 0.05) is 31.5 Å². The summed E-state index contributed by atoms with van der Waals surface area (Å²) in [5.74, 6) is 0.370. The van der Waals surface area contributed by atoms with E-state index in [2.05, 4.69) is 25.0 Å². The molecule has 0 saturated carbocycles. The molecule has 2 heterocycles. The van der Waals surface area contributed by atoms with Gasteiger partial charge in [-0.05, 0) is 42.8 Å². The quantitative estimate of drug-likeness (QED) is 0.464. The minimum Gasteiger partial charge on any atom is -0.356 e. The van der Waals surface area contributed by atoms with Gasteiger partial charge in [-0.3, -0.25) is 4.79 Å². The average molecular weight is 393 g/mol. The fourth-order valence-corrected chi connectivity index (χ4v) is 3.05. The highest BCUT2D eigenvalue weighted by Gasteiger charge is 2.11. The van der Waals surface area contributed by atoms with Crippen LogP contribution in [0.15, 0.2) is 59.4 Å². The predicted octanol–water partition coefficient (Wildman–Crippen LogP) is 3.36. The molecule has 0 atom stereocenters. The lowest BCUT2D eigenvalue weighted by molar-refractivity contribution is -0.121. The lowest BCUT2D eigenvalue weighted by Crippen LogP contribution is -2.25. The highest BCUT2D eigenvalue weighted by atomic mass is 19.1. The lowest BCUT2D eigenvalue weighted by Gasteiger charge is -2.06. The maximum Gasteiger partial charge on any atom is 0.227 e. The summed E-state index contributed by atoms with van der Waals surface area (Å²) >= 11 is 0. The number of fused-ring (bicyclic) bond motifs is 1. The minimum absolute atomic E-state index is 0.0676. The third-order valence-electron chi connectivity index (χ3n) is 4.56. The summed E-state index contributed by atoms with van der Waals surface area (Å²) in [4.78, 5) is 20.7. The van der Waals surface area contributed by atoms with Crippen molar-refractivity contribution >= 4 is 16.9 Å². The van der Waals surface area contributed by atoms with Crippen LogP contribution in [0.1, 0.15) is 18.7 Å². The van der Waals surface area contributed by atoms with Crippen LogP contribution >= 0.6 is 0 Å². The van der Waals surface area contributed by atoms with E-state index in [1.165, 1.54) is 12.1 Å². The van der Waals surface area contributed by atoms with Crippen molar-refractivity contribution in [3.8, 4) is 11.4 Å². The first-order valence-electron chi connectivity index (χ1n) is 9.44. The van der Waals surface area contributed by atoms with Crippen molar-refractivity contribution in [2.75, 3.05) is 6.54 Å². The van der Waals surface area contributed by atoms with Gasteiger partial charge in [0.1, 0.15) is 5.82 Å². The molecular weight excluding hydrogens is 373 g/mol. The predicted molar refractivity (Wildman–Crippen MR) is 105 cm³/mol. The Morgan fingerprint density at radius 2 is 1.97 bits per heavy atom. The number of nitrogens with zero attached hydrogens (tertiary/aromatic N) is 4. The first-order valence-corrected chi connectivity index (χ1v) is 9.44. The van der Waals surface area contributed by atoms with Crippen LogP contribution in [0.2, 0.25) is 0 Å². The molecule has 2 aromatic heterocycles. The monoisotopic (exact) mass is 393 g/mol. The number of halogens is 1. The Labute approximate surface area is 166 Å². The first-order chi connectivity index (χ1) is 14.2. The molecule has 0 aliphatic heterocycles. The second-order valence-electron chi connectivity index (χ2n) is 6.65. The molecule has 2 aromatic carbocycles. The summed E-state index contributed by atoms with van der Waals surface area (Å²) in [6.07, 6.45) is 3.24. The third kappa shape index (κ3) is 4.66. The van der Waals surface area contributed by atoms with Gasteiger partial charge in [0.25, 0.3) is 0 Å². The maximum absolute atomic E-state index is 13.0. The zero-order valence-electron chi connectivity index (χ0n) is 15.7. The number of rotatable bonds is 8. The molecule has 0 unspecified atom stereocenters. The Morgan fingerprint density at radius 3 is 2.83 bits per heavy atom. The molecule has 4 aromatic rings. The molecule has 7 nitrogen and oxygen atoms in total. The fraction of sp³-hybridized carbons (Fsp3) is 0.238. The van der Waals surface area contributed by atoms with Gasteiger partial charge in [-0.15, -0.1) is 0 Å². The smallest absolute Gasteiger partial charge is 0.227 e. The number of benzene rings is 2. The lowest BCUT2D eigenvalue weighted by atomic mass is 10.2. The van der Waals surface area contributed by atoms with E-state index in [1.54, 1.807) is 12.1 Å². The number of amides is 1. The van der Waals surface area contributed by atoms with E-state index in [0.29, 0.717) is 30.2 Å². The van der Waals surface area contributed by atoms with E-state index >= 15 is 0 Å². The number of imidazole rings is 1. The zero-order chi connectivity index (χ0) is 20.1. The molecular formula is C21H20FN5O2. The number of hydrogen-bond donors (Lipinski definition) is 1. The SMILES string of the molecule is O=C(CCc1nc(-c2ccc(F)cc2)no1)NCCCn1cnc2ccccc21. The number of aromatic nitrogens is 4. The van der Waals surface area contributed by atoms with Gasteiger partial charge in [0.2, 0.25) is 17.6 Å². The first kappa shape index (κ1) is 18.8. The number of para-hydroxylation sites is 2. The highest BCUT2D eigenvalue weighted by Crippen LogP contribution is 2.16. The average Bonchev–Trinajstić information content (AvgIpc) is 3.38. The molecule has 0 aliphatic carbocycles. The molecule has 148 valence electrons. The molecule has 0 fully saturated rings. The Hall–Kier alpha value is -3.55. The minimum atomic E-state index is -0.324. The molecule has 0 radical (unpaired) electrons. The topological polar surface area (TPSA) is 85.8 Å². The molecule has 1 N–H and O–H groups in total. The summed E-state index contributed by atoms with van der Waals surface area (Å²) in [6, 6.07) is 13.8. The van der Waals surface area contributed by atoms with Gasteiger partial charge in [-0.25, -0.2) is 9.37 Å². The third-order valence-corrected chi connectivity index (χ3v) is 4.56. The molecule has 4 rings (SSSR count). The second-order valence-corrected chi connectivity index (χ2v) is 6.65. The molecule has 29 heavy (non-hydrogen) atoms. The van der Waals surface area contributed by atoms with E-state index < -0.39 is 0 Å². The number of nitrogens with one attached hydrogen (secondary N) is 1. The normalized spacial score (nSPS) is 11.1. The van der Waals surface area contributed by atoms with Crippen LogP contribution < -0.4 is 5.32 Å². The van der Waals surface area contributed by atoms with E-state index in [-0.39, 0.29) is 18.1 Å². The van der Waals surface area contributed by atoms with Crippen LogP contribution in [0, 0.1) is 5.82 Å². The van der Waals surface area contributed by atoms with Gasteiger partial charge >= 0.3 is 0 Å². The van der Waals surface area contributed by atoms with Crippen LogP contribution in [0.3, 0.4) is 0 Å². The van der Waals surface area contributed by atoms with Crippen molar-refractivity contribution in [2.45, 2.75) is 25.8 Å². The van der Waals surface area contributed by atoms with Gasteiger partial charge < -0.3 is 14.4 Å². The van der Waals surface area contributed by atoms with Crippen molar-refractivity contribution in [2.24, 2.45) is 0 Å². The Morgan fingerprint density at radius 1 is 1.14 bits per heavy atom. The van der Waals surface area contributed by atoms with Gasteiger partial charge in [0.05, 0.1) is 17.4 Å². The number of aryl methyl sites for hydroxylation is 2. The summed E-state index contributed by atoms with van der Waals surface area (Å²) in [5.41, 5.74) is 2.72. The molecule has 1 amide bonds. The Balaban J connectivity index is 1.20. The van der Waals surface area contributed by atoms with Crippen molar-refractivity contribution in [1.29, 1.82) is 0 Å². The fourth-order valence-electron chi connectivity index (χ4n) is 3.05. The largest absolute Gasteiger partial charge is 0.356 e. The molecule has 0 bridgehead atoms. The summed E-state index contributed by atoms with van der Waals surface area (Å²) in [7, 11) is 0. The second kappa shape index (κ2) is 8.64. The summed E-state index contributed by atoms with van der Waals surface area (Å²) < 4.78 is 20.2. The van der Waals surface area contributed by atoms with E-state index in [9.17, 15) is 9.18 Å².